The summed E-state index contributed by atoms with van der Waals surface area (Å²) in [5.74, 6) is 0. The van der Waals surface area contributed by atoms with E-state index < -0.39 is 17.3 Å². The van der Waals surface area contributed by atoms with Gasteiger partial charge in [0.1, 0.15) is 11.2 Å². The van der Waals surface area contributed by atoms with Gasteiger partial charge in [-0.15, -0.1) is 0 Å². The normalized spacial score (nSPS) is 15.4. The third-order valence-corrected chi connectivity index (χ3v) is 7.09. The number of fused-ring (bicyclic) bond motifs is 2. The molecule has 1 N–H and O–H groups in total. The van der Waals surface area contributed by atoms with Crippen LogP contribution < -0.4 is 5.32 Å². The number of amides is 2. The largest absolute Gasteiger partial charge is 0.444 e. The molecule has 0 radical (unpaired) electrons. The van der Waals surface area contributed by atoms with Crippen molar-refractivity contribution in [3.05, 3.63) is 77.6 Å². The van der Waals surface area contributed by atoms with E-state index >= 15 is 0 Å². The molecule has 4 rings (SSSR count). The molecule has 0 bridgehead atoms. The zero-order valence-corrected chi connectivity index (χ0v) is 26.0. The van der Waals surface area contributed by atoms with Crippen molar-refractivity contribution in [1.29, 1.82) is 0 Å². The number of hydrogen-bond donors (Lipinski definition) is 1. The van der Waals surface area contributed by atoms with Gasteiger partial charge in [0, 0.05) is 37.8 Å². The van der Waals surface area contributed by atoms with Crippen molar-refractivity contribution in [2.24, 2.45) is 0 Å². The zero-order chi connectivity index (χ0) is 30.3. The van der Waals surface area contributed by atoms with Crippen LogP contribution in [-0.4, -0.2) is 63.8 Å². The predicted molar refractivity (Wildman–Crippen MR) is 166 cm³/mol. The quantitative estimate of drug-likeness (QED) is 0.286. The number of nitrogens with one attached hydrogen (secondary N) is 1. The van der Waals surface area contributed by atoms with Crippen LogP contribution in [0, 0.1) is 0 Å². The number of aromatic nitrogens is 1. The molecule has 0 saturated carbocycles. The molecule has 42 heavy (non-hydrogen) atoms. The average Bonchev–Trinajstić information content (AvgIpc) is 2.90. The number of pyridine rings is 1. The van der Waals surface area contributed by atoms with E-state index in [4.69, 9.17) is 14.5 Å². The number of hydrogen-bond acceptors (Lipinski definition) is 6. The van der Waals surface area contributed by atoms with Crippen LogP contribution in [0.2, 0.25) is 0 Å². The van der Waals surface area contributed by atoms with Gasteiger partial charge in [-0.2, -0.15) is 0 Å². The lowest BCUT2D eigenvalue weighted by atomic mass is 9.94. The number of benzene rings is 2. The fraction of sp³-hybridized carbons (Fsp3) is 0.500. The summed E-state index contributed by atoms with van der Waals surface area (Å²) < 4.78 is 11.2. The zero-order valence-electron chi connectivity index (χ0n) is 26.0. The SMILES string of the molecule is CC(C)(C)OC(=O)NCCCCN(Cc1cc2ccccc2cn1)C[C@H]1Cc2ccccc2CN1C(=O)OC(C)(C)C. The highest BCUT2D eigenvalue weighted by molar-refractivity contribution is 5.81. The van der Waals surface area contributed by atoms with Crippen molar-refractivity contribution in [3.63, 3.8) is 0 Å². The van der Waals surface area contributed by atoms with Gasteiger partial charge in [0.2, 0.25) is 0 Å². The van der Waals surface area contributed by atoms with E-state index in [1.807, 2.05) is 70.8 Å². The molecule has 0 unspecified atom stereocenters. The molecule has 1 aliphatic rings. The van der Waals surface area contributed by atoms with E-state index in [-0.39, 0.29) is 12.1 Å². The fourth-order valence-corrected chi connectivity index (χ4v) is 5.23. The summed E-state index contributed by atoms with van der Waals surface area (Å²) in [6.45, 7) is 14.5. The molecule has 3 aromatic rings. The monoisotopic (exact) mass is 574 g/mol. The second-order valence-electron chi connectivity index (χ2n) is 13.1. The van der Waals surface area contributed by atoms with Gasteiger partial charge in [0.05, 0.1) is 11.7 Å². The lowest BCUT2D eigenvalue weighted by Crippen LogP contribution is -2.51. The van der Waals surface area contributed by atoms with Gasteiger partial charge in [-0.25, -0.2) is 9.59 Å². The second-order valence-corrected chi connectivity index (χ2v) is 13.1. The maximum Gasteiger partial charge on any atom is 0.410 e. The predicted octanol–water partition coefficient (Wildman–Crippen LogP) is 6.70. The molecular formula is C34H46N4O4. The molecule has 1 atom stereocenters. The van der Waals surface area contributed by atoms with E-state index in [0.29, 0.717) is 26.2 Å². The van der Waals surface area contributed by atoms with Crippen molar-refractivity contribution >= 4 is 23.0 Å². The van der Waals surface area contributed by atoms with Gasteiger partial charge >= 0.3 is 12.2 Å². The Morgan fingerprint density at radius 2 is 1.60 bits per heavy atom. The van der Waals surface area contributed by atoms with Crippen LogP contribution in [0.1, 0.15) is 71.2 Å². The number of rotatable bonds is 9. The molecule has 0 saturated heterocycles. The van der Waals surface area contributed by atoms with Crippen molar-refractivity contribution < 1.29 is 19.1 Å². The first-order chi connectivity index (χ1) is 19.9. The van der Waals surface area contributed by atoms with Gasteiger partial charge in [-0.3, -0.25) is 14.8 Å². The molecule has 8 heteroatoms. The molecule has 0 spiro atoms. The minimum Gasteiger partial charge on any atom is -0.444 e. The van der Waals surface area contributed by atoms with Crippen molar-refractivity contribution in [2.75, 3.05) is 19.6 Å². The lowest BCUT2D eigenvalue weighted by molar-refractivity contribution is 0.00708. The number of unbranched alkanes of at least 4 members (excludes halogenated alkanes) is 1. The molecule has 1 aromatic heterocycles. The van der Waals surface area contributed by atoms with Gasteiger partial charge in [-0.1, -0.05) is 48.5 Å². The first kappa shape index (κ1) is 31.3. The van der Waals surface area contributed by atoms with Crippen LogP contribution >= 0.6 is 0 Å². The lowest BCUT2D eigenvalue weighted by Gasteiger charge is -2.40. The van der Waals surface area contributed by atoms with Crippen LogP contribution in [0.3, 0.4) is 0 Å². The van der Waals surface area contributed by atoms with E-state index in [9.17, 15) is 9.59 Å². The van der Waals surface area contributed by atoms with E-state index in [1.165, 1.54) is 5.56 Å². The third-order valence-electron chi connectivity index (χ3n) is 7.09. The highest BCUT2D eigenvalue weighted by atomic mass is 16.6. The second kappa shape index (κ2) is 13.6. The van der Waals surface area contributed by atoms with Crippen LogP contribution in [0.5, 0.6) is 0 Å². The summed E-state index contributed by atoms with van der Waals surface area (Å²) in [6.07, 6.45) is 3.69. The van der Waals surface area contributed by atoms with E-state index in [0.717, 1.165) is 47.8 Å². The Morgan fingerprint density at radius 3 is 2.31 bits per heavy atom. The molecule has 2 heterocycles. The first-order valence-corrected chi connectivity index (χ1v) is 15.0. The summed E-state index contributed by atoms with van der Waals surface area (Å²) in [4.78, 5) is 34.5. The Bertz CT molecular complexity index is 1360. The number of ether oxygens (including phenoxy) is 2. The van der Waals surface area contributed by atoms with Crippen LogP contribution in [0.25, 0.3) is 10.8 Å². The molecule has 0 fully saturated rings. The Hall–Kier alpha value is -3.65. The molecule has 226 valence electrons. The van der Waals surface area contributed by atoms with Crippen LogP contribution in [-0.2, 0) is 29.0 Å². The van der Waals surface area contributed by atoms with E-state index in [2.05, 4.69) is 46.6 Å². The molecular weight excluding hydrogens is 528 g/mol. The fourth-order valence-electron chi connectivity index (χ4n) is 5.23. The van der Waals surface area contributed by atoms with Crippen molar-refractivity contribution in [2.45, 2.75) is 91.1 Å². The maximum absolute atomic E-state index is 13.4. The number of alkyl carbamates (subject to hydrolysis) is 1. The van der Waals surface area contributed by atoms with Crippen LogP contribution in [0.15, 0.2) is 60.8 Å². The molecule has 1 aliphatic heterocycles. The van der Waals surface area contributed by atoms with Gasteiger partial charge < -0.3 is 14.8 Å². The minimum absolute atomic E-state index is 0.0462. The summed E-state index contributed by atoms with van der Waals surface area (Å²) >= 11 is 0. The Balaban J connectivity index is 1.49. The highest BCUT2D eigenvalue weighted by Gasteiger charge is 2.34. The Labute approximate surface area is 250 Å². The van der Waals surface area contributed by atoms with Gasteiger partial charge in [-0.05, 0) is 89.9 Å². The Morgan fingerprint density at radius 1 is 0.929 bits per heavy atom. The van der Waals surface area contributed by atoms with Crippen molar-refractivity contribution in [1.82, 2.24) is 20.1 Å². The number of carbonyl (C=O) groups excluding carboxylic acids is 2. The van der Waals surface area contributed by atoms with Crippen molar-refractivity contribution in [3.8, 4) is 0 Å². The topological polar surface area (TPSA) is 84.0 Å². The number of nitrogens with zero attached hydrogens (tertiary/aromatic N) is 3. The molecule has 2 aromatic carbocycles. The maximum atomic E-state index is 13.4. The van der Waals surface area contributed by atoms with Gasteiger partial charge in [0.25, 0.3) is 0 Å². The summed E-state index contributed by atoms with van der Waals surface area (Å²) in [6, 6.07) is 18.7. The highest BCUT2D eigenvalue weighted by Crippen LogP contribution is 2.26. The first-order valence-electron chi connectivity index (χ1n) is 15.0. The van der Waals surface area contributed by atoms with Crippen LogP contribution in [0.4, 0.5) is 9.59 Å². The molecule has 8 nitrogen and oxygen atoms in total. The molecule has 0 aliphatic carbocycles. The minimum atomic E-state index is -0.575. The molecule has 2 amide bonds. The standard InChI is InChI=1S/C34H46N4O4/c1-33(2,3)41-31(39)35-17-11-12-18-37(23-29-19-25-13-7-9-15-27(25)21-36-29)24-30-20-26-14-8-10-16-28(26)22-38(30)32(40)42-34(4,5)6/h7-10,13-16,19,21,30H,11-12,17-18,20,22-24H2,1-6H3,(H,35,39)/t30-/m1/s1. The summed E-state index contributed by atoms with van der Waals surface area (Å²) in [5.41, 5.74) is 2.32. The Kier molecular flexibility index (Phi) is 10.1. The third kappa shape index (κ3) is 9.44. The summed E-state index contributed by atoms with van der Waals surface area (Å²) in [5, 5.41) is 5.13. The summed E-state index contributed by atoms with van der Waals surface area (Å²) in [7, 11) is 0. The number of carbonyl (C=O) groups is 2. The van der Waals surface area contributed by atoms with E-state index in [1.54, 1.807) is 0 Å². The smallest absolute Gasteiger partial charge is 0.410 e. The average molecular weight is 575 g/mol. The van der Waals surface area contributed by atoms with Gasteiger partial charge in [0.15, 0.2) is 0 Å².